The van der Waals surface area contributed by atoms with Crippen molar-refractivity contribution in [2.45, 2.75) is 19.0 Å². The van der Waals surface area contributed by atoms with Crippen LogP contribution in [0.3, 0.4) is 0 Å². The number of nitrogens with zero attached hydrogens (tertiary/aromatic N) is 4. The highest BCUT2D eigenvalue weighted by molar-refractivity contribution is 5.77. The Morgan fingerprint density at radius 3 is 2.93 bits per heavy atom. The summed E-state index contributed by atoms with van der Waals surface area (Å²) in [7, 11) is 1.69. The molecule has 1 aromatic carbocycles. The molecule has 0 saturated carbocycles. The van der Waals surface area contributed by atoms with Crippen LogP contribution in [0.1, 0.15) is 28.6 Å². The van der Waals surface area contributed by atoms with E-state index in [4.69, 9.17) is 4.74 Å². The topological polar surface area (TPSA) is 82.7 Å². The molecule has 5 rings (SSSR count). The molecule has 0 radical (unpaired) electrons. The Morgan fingerprint density at radius 2 is 2.07 bits per heavy atom. The standard InChI is InChI=1S/C20H20N6O/c1-27-14-6-4-13(5-7-14)16-9-26(11-18-19(16)23-12-22-18)10-17-15-3-2-8-21-20(15)25-24-17/h2-8,12,16H,9-11H2,1H3,(H,22,23)(H,21,24,25). The molecule has 7 heteroatoms. The first-order valence-corrected chi connectivity index (χ1v) is 8.98. The SMILES string of the molecule is COc1ccc(C2CN(Cc3[nH]nc4ncccc34)Cc3[nH]cnc32)cc1. The largest absolute Gasteiger partial charge is 0.497 e. The minimum Gasteiger partial charge on any atom is -0.497 e. The average Bonchev–Trinajstić information content (AvgIpc) is 3.35. The zero-order valence-corrected chi connectivity index (χ0v) is 15.0. The number of fused-ring (bicyclic) bond motifs is 2. The highest BCUT2D eigenvalue weighted by Gasteiger charge is 2.29. The molecule has 4 aromatic rings. The summed E-state index contributed by atoms with van der Waals surface area (Å²) < 4.78 is 5.29. The second kappa shape index (κ2) is 6.51. The first-order valence-electron chi connectivity index (χ1n) is 8.98. The number of benzene rings is 1. The molecule has 7 nitrogen and oxygen atoms in total. The smallest absolute Gasteiger partial charge is 0.181 e. The summed E-state index contributed by atoms with van der Waals surface area (Å²) in [5, 5.41) is 8.55. The molecular formula is C20H20N6O. The van der Waals surface area contributed by atoms with Crippen LogP contribution in [0.4, 0.5) is 0 Å². The van der Waals surface area contributed by atoms with Crippen LogP contribution in [0.5, 0.6) is 5.75 Å². The van der Waals surface area contributed by atoms with Gasteiger partial charge in [0.1, 0.15) is 5.75 Å². The van der Waals surface area contributed by atoms with Crippen molar-refractivity contribution in [2.24, 2.45) is 0 Å². The Morgan fingerprint density at radius 1 is 1.19 bits per heavy atom. The Hall–Kier alpha value is -3.19. The van der Waals surface area contributed by atoms with E-state index < -0.39 is 0 Å². The van der Waals surface area contributed by atoms with Crippen molar-refractivity contribution in [3.05, 3.63) is 71.6 Å². The quantitative estimate of drug-likeness (QED) is 0.585. The maximum atomic E-state index is 5.29. The third-order valence-corrected chi connectivity index (χ3v) is 5.21. The van der Waals surface area contributed by atoms with Gasteiger partial charge >= 0.3 is 0 Å². The summed E-state index contributed by atoms with van der Waals surface area (Å²) >= 11 is 0. The third kappa shape index (κ3) is 2.86. The summed E-state index contributed by atoms with van der Waals surface area (Å²) in [5.41, 5.74) is 5.40. The Kier molecular flexibility index (Phi) is 3.86. The van der Waals surface area contributed by atoms with E-state index in [9.17, 15) is 0 Å². The summed E-state index contributed by atoms with van der Waals surface area (Å²) in [6, 6.07) is 12.3. The second-order valence-corrected chi connectivity index (χ2v) is 6.84. The van der Waals surface area contributed by atoms with Gasteiger partial charge in [-0.05, 0) is 29.8 Å². The van der Waals surface area contributed by atoms with Gasteiger partial charge in [-0.25, -0.2) is 9.97 Å². The van der Waals surface area contributed by atoms with Crippen molar-refractivity contribution in [3.8, 4) is 5.75 Å². The number of aromatic nitrogens is 5. The number of H-pyrrole nitrogens is 2. The van der Waals surface area contributed by atoms with Crippen LogP contribution in [0.15, 0.2) is 48.9 Å². The normalized spacial score (nSPS) is 17.1. The number of methoxy groups -OCH3 is 1. The van der Waals surface area contributed by atoms with Gasteiger partial charge < -0.3 is 9.72 Å². The minimum absolute atomic E-state index is 0.221. The lowest BCUT2D eigenvalue weighted by molar-refractivity contribution is 0.226. The highest BCUT2D eigenvalue weighted by atomic mass is 16.5. The molecule has 1 aliphatic heterocycles. The molecular weight excluding hydrogens is 340 g/mol. The molecule has 3 aromatic heterocycles. The van der Waals surface area contributed by atoms with Crippen molar-refractivity contribution < 1.29 is 4.74 Å². The molecule has 1 aliphatic rings. The molecule has 1 atom stereocenters. The van der Waals surface area contributed by atoms with E-state index in [0.717, 1.165) is 47.8 Å². The first kappa shape index (κ1) is 16.0. The van der Waals surface area contributed by atoms with Gasteiger partial charge in [0.25, 0.3) is 0 Å². The molecule has 0 spiro atoms. The third-order valence-electron chi connectivity index (χ3n) is 5.21. The van der Waals surface area contributed by atoms with E-state index in [1.165, 1.54) is 11.3 Å². The summed E-state index contributed by atoms with van der Waals surface area (Å²) in [6.45, 7) is 2.51. The molecule has 0 saturated heterocycles. The van der Waals surface area contributed by atoms with Gasteiger partial charge in [0.15, 0.2) is 5.65 Å². The summed E-state index contributed by atoms with van der Waals surface area (Å²) in [5.74, 6) is 1.09. The maximum Gasteiger partial charge on any atom is 0.181 e. The highest BCUT2D eigenvalue weighted by Crippen LogP contribution is 2.33. The van der Waals surface area contributed by atoms with Crippen LogP contribution >= 0.6 is 0 Å². The minimum atomic E-state index is 0.221. The molecule has 27 heavy (non-hydrogen) atoms. The number of imidazole rings is 1. The molecule has 0 amide bonds. The predicted molar refractivity (Wildman–Crippen MR) is 101 cm³/mol. The second-order valence-electron chi connectivity index (χ2n) is 6.84. The first-order chi connectivity index (χ1) is 13.3. The van der Waals surface area contributed by atoms with E-state index in [1.807, 2.05) is 18.2 Å². The summed E-state index contributed by atoms with van der Waals surface area (Å²) in [4.78, 5) is 14.6. The van der Waals surface area contributed by atoms with Gasteiger partial charge in [0, 0.05) is 37.1 Å². The van der Waals surface area contributed by atoms with E-state index in [-0.39, 0.29) is 5.92 Å². The maximum absolute atomic E-state index is 5.29. The number of aromatic amines is 2. The monoisotopic (exact) mass is 360 g/mol. The number of hydrogen-bond acceptors (Lipinski definition) is 5. The molecule has 2 N–H and O–H groups in total. The van der Waals surface area contributed by atoms with E-state index >= 15 is 0 Å². The van der Waals surface area contributed by atoms with E-state index in [1.54, 1.807) is 19.6 Å². The van der Waals surface area contributed by atoms with Gasteiger partial charge in [-0.1, -0.05) is 12.1 Å². The van der Waals surface area contributed by atoms with Crippen molar-refractivity contribution >= 4 is 11.0 Å². The van der Waals surface area contributed by atoms with E-state index in [0.29, 0.717) is 0 Å². The number of nitrogens with one attached hydrogen (secondary N) is 2. The molecule has 0 bridgehead atoms. The van der Waals surface area contributed by atoms with Crippen molar-refractivity contribution in [2.75, 3.05) is 13.7 Å². The zero-order valence-electron chi connectivity index (χ0n) is 15.0. The Bertz CT molecular complexity index is 1070. The van der Waals surface area contributed by atoms with Gasteiger partial charge in [0.2, 0.25) is 0 Å². The molecule has 1 unspecified atom stereocenters. The van der Waals surface area contributed by atoms with Crippen LogP contribution in [0.2, 0.25) is 0 Å². The lowest BCUT2D eigenvalue weighted by Crippen LogP contribution is -2.34. The lowest BCUT2D eigenvalue weighted by Gasteiger charge is -2.32. The van der Waals surface area contributed by atoms with Crippen LogP contribution in [-0.2, 0) is 13.1 Å². The van der Waals surface area contributed by atoms with Gasteiger partial charge in [-0.15, -0.1) is 0 Å². The van der Waals surface area contributed by atoms with Crippen molar-refractivity contribution in [3.63, 3.8) is 0 Å². The zero-order chi connectivity index (χ0) is 18.2. The van der Waals surface area contributed by atoms with Gasteiger partial charge in [-0.3, -0.25) is 10.00 Å². The van der Waals surface area contributed by atoms with Crippen LogP contribution in [0.25, 0.3) is 11.0 Å². The van der Waals surface area contributed by atoms with Crippen molar-refractivity contribution in [1.29, 1.82) is 0 Å². The van der Waals surface area contributed by atoms with Crippen LogP contribution in [0, 0.1) is 0 Å². The number of hydrogen-bond donors (Lipinski definition) is 2. The van der Waals surface area contributed by atoms with Crippen LogP contribution in [-0.4, -0.2) is 43.7 Å². The van der Waals surface area contributed by atoms with Crippen LogP contribution < -0.4 is 4.74 Å². The molecule has 0 aliphatic carbocycles. The fraction of sp³-hybridized carbons (Fsp3) is 0.250. The van der Waals surface area contributed by atoms with Crippen molar-refractivity contribution in [1.82, 2.24) is 30.0 Å². The number of ether oxygens (including phenoxy) is 1. The van der Waals surface area contributed by atoms with E-state index in [2.05, 4.69) is 48.2 Å². The fourth-order valence-electron chi connectivity index (χ4n) is 3.86. The molecule has 136 valence electrons. The van der Waals surface area contributed by atoms with Gasteiger partial charge in [0.05, 0.1) is 30.5 Å². The predicted octanol–water partition coefficient (Wildman–Crippen LogP) is 2.84. The Labute approximate surface area is 156 Å². The average molecular weight is 360 g/mol. The lowest BCUT2D eigenvalue weighted by atomic mass is 9.90. The number of pyridine rings is 1. The summed E-state index contributed by atoms with van der Waals surface area (Å²) in [6.07, 6.45) is 3.56. The molecule has 0 fully saturated rings. The molecule has 4 heterocycles. The Balaban J connectivity index is 1.45. The number of rotatable bonds is 4. The van der Waals surface area contributed by atoms with Gasteiger partial charge in [-0.2, -0.15) is 5.10 Å². The fourth-order valence-corrected chi connectivity index (χ4v) is 3.86.